The highest BCUT2D eigenvalue weighted by atomic mass is 79.9. The van der Waals surface area contributed by atoms with Gasteiger partial charge in [-0.15, -0.1) is 0 Å². The predicted octanol–water partition coefficient (Wildman–Crippen LogP) is 4.06. The van der Waals surface area contributed by atoms with Gasteiger partial charge < -0.3 is 19.6 Å². The topological polar surface area (TPSA) is 102 Å². The quantitative estimate of drug-likeness (QED) is 0.649. The van der Waals surface area contributed by atoms with E-state index < -0.39 is 11.9 Å². The molecule has 0 aliphatic heterocycles. The third kappa shape index (κ3) is 3.75. The number of rotatable bonds is 5. The maximum atomic E-state index is 12.3. The van der Waals surface area contributed by atoms with Crippen LogP contribution >= 0.6 is 15.9 Å². The van der Waals surface area contributed by atoms with Gasteiger partial charge in [0.05, 0.1) is 24.6 Å². The molecule has 0 unspecified atom stereocenters. The van der Waals surface area contributed by atoms with E-state index in [4.69, 9.17) is 9.15 Å². The van der Waals surface area contributed by atoms with Gasteiger partial charge in [-0.2, -0.15) is 0 Å². The minimum absolute atomic E-state index is 0.0466. The summed E-state index contributed by atoms with van der Waals surface area (Å²) in [6.07, 6.45) is 1.43. The van der Waals surface area contributed by atoms with Crippen molar-refractivity contribution in [1.82, 2.24) is 4.98 Å². The summed E-state index contributed by atoms with van der Waals surface area (Å²) in [5.74, 6) is -0.868. The van der Waals surface area contributed by atoms with Gasteiger partial charge in [-0.05, 0) is 42.5 Å². The molecule has 0 radical (unpaired) electrons. The summed E-state index contributed by atoms with van der Waals surface area (Å²) in [6, 6.07) is 11.6. The van der Waals surface area contributed by atoms with Crippen LogP contribution in [0.1, 0.15) is 21.0 Å². The molecule has 2 N–H and O–H groups in total. The highest BCUT2D eigenvalue weighted by Crippen LogP contribution is 2.25. The first-order chi connectivity index (χ1) is 12.5. The number of nitrogens with zero attached hydrogens (tertiary/aromatic N) is 1. The zero-order valence-electron chi connectivity index (χ0n) is 13.5. The fourth-order valence-electron chi connectivity index (χ4n) is 2.25. The molecule has 0 bridgehead atoms. The number of hydrogen-bond acceptors (Lipinski definition) is 5. The molecule has 132 valence electrons. The van der Waals surface area contributed by atoms with Crippen LogP contribution in [0.4, 0.5) is 5.69 Å². The first-order valence-electron chi connectivity index (χ1n) is 7.42. The smallest absolute Gasteiger partial charge is 0.337 e. The Bertz CT molecular complexity index is 966. The number of hydrogen-bond donors (Lipinski definition) is 2. The van der Waals surface area contributed by atoms with Gasteiger partial charge in [-0.1, -0.05) is 15.9 Å². The summed E-state index contributed by atoms with van der Waals surface area (Å²) in [4.78, 5) is 27.6. The zero-order valence-corrected chi connectivity index (χ0v) is 15.1. The number of methoxy groups -OCH3 is 1. The van der Waals surface area contributed by atoms with Crippen molar-refractivity contribution >= 4 is 33.5 Å². The number of benzene rings is 2. The van der Waals surface area contributed by atoms with Crippen LogP contribution in [0.2, 0.25) is 0 Å². The standard InChI is InChI=1S/C18H13BrN2O5/c1-25-12-5-2-10(3-6-12)15-9-20-17(26-15)16(22)21-14-7-4-11(19)8-13(14)18(23)24/h2-9H,1H3,(H,21,22)(H,23,24). The maximum absolute atomic E-state index is 12.3. The van der Waals surface area contributed by atoms with Crippen LogP contribution < -0.4 is 10.1 Å². The first-order valence-corrected chi connectivity index (χ1v) is 8.21. The van der Waals surface area contributed by atoms with E-state index in [1.165, 1.54) is 18.3 Å². The number of halogens is 1. The average Bonchev–Trinajstić information content (AvgIpc) is 3.13. The fourth-order valence-corrected chi connectivity index (χ4v) is 2.61. The van der Waals surface area contributed by atoms with E-state index in [0.29, 0.717) is 16.0 Å². The lowest BCUT2D eigenvalue weighted by Crippen LogP contribution is -2.15. The number of carbonyl (C=O) groups is 2. The Balaban J connectivity index is 1.81. The Hall–Kier alpha value is -3.13. The van der Waals surface area contributed by atoms with Crippen molar-refractivity contribution in [3.05, 3.63) is 64.6 Å². The SMILES string of the molecule is COc1ccc(-c2cnc(C(=O)Nc3ccc(Br)cc3C(=O)O)o2)cc1. The molecule has 3 rings (SSSR count). The Labute approximate surface area is 156 Å². The van der Waals surface area contributed by atoms with Crippen LogP contribution in [-0.2, 0) is 0 Å². The molecule has 1 aromatic heterocycles. The summed E-state index contributed by atoms with van der Waals surface area (Å²) in [5, 5.41) is 11.7. The van der Waals surface area contributed by atoms with Gasteiger partial charge in [-0.3, -0.25) is 4.79 Å². The predicted molar refractivity (Wildman–Crippen MR) is 97.5 cm³/mol. The lowest BCUT2D eigenvalue weighted by atomic mass is 10.2. The van der Waals surface area contributed by atoms with Crippen molar-refractivity contribution < 1.29 is 23.8 Å². The van der Waals surface area contributed by atoms with E-state index in [0.717, 1.165) is 5.56 Å². The molecule has 0 saturated carbocycles. The largest absolute Gasteiger partial charge is 0.497 e. The average molecular weight is 417 g/mol. The van der Waals surface area contributed by atoms with E-state index in [1.54, 1.807) is 37.4 Å². The number of amides is 1. The summed E-state index contributed by atoms with van der Waals surface area (Å²) < 4.78 is 11.2. The summed E-state index contributed by atoms with van der Waals surface area (Å²) in [6.45, 7) is 0. The van der Waals surface area contributed by atoms with Crippen LogP contribution in [0.5, 0.6) is 5.75 Å². The molecule has 0 fully saturated rings. The fraction of sp³-hybridized carbons (Fsp3) is 0.0556. The molecule has 3 aromatic rings. The molecular formula is C18H13BrN2O5. The second kappa shape index (κ2) is 7.40. The third-order valence-electron chi connectivity index (χ3n) is 3.53. The number of oxazole rings is 1. The number of carboxylic acid groups (broad SMARTS) is 1. The normalized spacial score (nSPS) is 10.4. The number of ether oxygens (including phenoxy) is 1. The van der Waals surface area contributed by atoms with Crippen molar-refractivity contribution in [3.63, 3.8) is 0 Å². The van der Waals surface area contributed by atoms with Crippen molar-refractivity contribution in [3.8, 4) is 17.1 Å². The second-order valence-electron chi connectivity index (χ2n) is 5.21. The number of aromatic carboxylic acids is 1. The van der Waals surface area contributed by atoms with Gasteiger partial charge in [0.15, 0.2) is 5.76 Å². The molecule has 0 saturated heterocycles. The minimum atomic E-state index is -1.16. The molecule has 0 aliphatic rings. The molecule has 0 spiro atoms. The van der Waals surface area contributed by atoms with Crippen LogP contribution in [0.3, 0.4) is 0 Å². The van der Waals surface area contributed by atoms with Crippen LogP contribution in [0, 0.1) is 0 Å². The van der Waals surface area contributed by atoms with E-state index in [1.807, 2.05) is 0 Å². The Morgan fingerprint density at radius 3 is 2.58 bits per heavy atom. The van der Waals surface area contributed by atoms with Crippen molar-refractivity contribution in [1.29, 1.82) is 0 Å². The van der Waals surface area contributed by atoms with Crippen LogP contribution in [0.15, 0.2) is 57.6 Å². The molecular weight excluding hydrogens is 404 g/mol. The van der Waals surface area contributed by atoms with Crippen LogP contribution in [0.25, 0.3) is 11.3 Å². The van der Waals surface area contributed by atoms with Gasteiger partial charge in [0, 0.05) is 10.0 Å². The number of aromatic nitrogens is 1. The lowest BCUT2D eigenvalue weighted by molar-refractivity contribution is 0.0698. The molecule has 2 aromatic carbocycles. The van der Waals surface area contributed by atoms with E-state index in [9.17, 15) is 14.7 Å². The summed E-state index contributed by atoms with van der Waals surface area (Å²) in [5.41, 5.74) is 0.830. The summed E-state index contributed by atoms with van der Waals surface area (Å²) >= 11 is 3.20. The van der Waals surface area contributed by atoms with Gasteiger partial charge >= 0.3 is 11.9 Å². The number of carboxylic acids is 1. The summed E-state index contributed by atoms with van der Waals surface area (Å²) in [7, 11) is 1.57. The van der Waals surface area contributed by atoms with Gasteiger partial charge in [-0.25, -0.2) is 9.78 Å². The Morgan fingerprint density at radius 1 is 1.19 bits per heavy atom. The Kier molecular flexibility index (Phi) is 5.04. The molecule has 1 heterocycles. The number of nitrogens with one attached hydrogen (secondary N) is 1. The minimum Gasteiger partial charge on any atom is -0.497 e. The van der Waals surface area contributed by atoms with Gasteiger partial charge in [0.2, 0.25) is 0 Å². The molecule has 0 atom stereocenters. The van der Waals surface area contributed by atoms with Crippen molar-refractivity contribution in [2.24, 2.45) is 0 Å². The monoisotopic (exact) mass is 416 g/mol. The van der Waals surface area contributed by atoms with Gasteiger partial charge in [0.25, 0.3) is 5.89 Å². The third-order valence-corrected chi connectivity index (χ3v) is 4.03. The molecule has 26 heavy (non-hydrogen) atoms. The molecule has 1 amide bonds. The number of anilines is 1. The number of carbonyl (C=O) groups excluding carboxylic acids is 1. The van der Waals surface area contributed by atoms with Crippen LogP contribution in [-0.4, -0.2) is 29.1 Å². The molecule has 7 nitrogen and oxygen atoms in total. The second-order valence-corrected chi connectivity index (χ2v) is 6.12. The lowest BCUT2D eigenvalue weighted by Gasteiger charge is -2.07. The van der Waals surface area contributed by atoms with E-state index >= 15 is 0 Å². The van der Waals surface area contributed by atoms with Gasteiger partial charge in [0.1, 0.15) is 5.75 Å². The maximum Gasteiger partial charge on any atom is 0.337 e. The zero-order chi connectivity index (χ0) is 18.7. The van der Waals surface area contributed by atoms with E-state index in [-0.39, 0.29) is 17.1 Å². The molecule has 0 aliphatic carbocycles. The highest BCUT2D eigenvalue weighted by molar-refractivity contribution is 9.10. The highest BCUT2D eigenvalue weighted by Gasteiger charge is 2.18. The van der Waals surface area contributed by atoms with E-state index in [2.05, 4.69) is 26.2 Å². The molecule has 8 heteroatoms. The Morgan fingerprint density at radius 2 is 1.92 bits per heavy atom. The van der Waals surface area contributed by atoms with Crippen molar-refractivity contribution in [2.75, 3.05) is 12.4 Å². The van der Waals surface area contributed by atoms with Crippen molar-refractivity contribution in [2.45, 2.75) is 0 Å². The first kappa shape index (κ1) is 17.7.